The number of pyridine rings is 1. The second kappa shape index (κ2) is 6.33. The van der Waals surface area contributed by atoms with Crippen LogP contribution < -0.4 is 5.32 Å². The van der Waals surface area contributed by atoms with Crippen LogP contribution in [0, 0.1) is 0 Å². The Morgan fingerprint density at radius 2 is 2.25 bits per heavy atom. The fourth-order valence-corrected chi connectivity index (χ4v) is 2.32. The van der Waals surface area contributed by atoms with Crippen molar-refractivity contribution in [2.24, 2.45) is 0 Å². The van der Waals surface area contributed by atoms with Gasteiger partial charge in [0.2, 0.25) is 0 Å². The number of aromatic nitrogens is 1. The van der Waals surface area contributed by atoms with E-state index >= 15 is 0 Å². The molecule has 1 fully saturated rings. The number of rotatable bonds is 3. The molecule has 1 aromatic heterocycles. The average molecular weight is 279 g/mol. The molecule has 0 aliphatic carbocycles. The van der Waals surface area contributed by atoms with E-state index in [0.29, 0.717) is 6.54 Å². The number of carbonyl (C=O) groups is 2. The summed E-state index contributed by atoms with van der Waals surface area (Å²) in [7, 11) is 0. The zero-order chi connectivity index (χ0) is 14.5. The van der Waals surface area contributed by atoms with E-state index in [4.69, 9.17) is 5.11 Å². The summed E-state index contributed by atoms with van der Waals surface area (Å²) < 4.78 is 0. The summed E-state index contributed by atoms with van der Waals surface area (Å²) in [6.07, 6.45) is 3.96. The molecule has 0 saturated carbocycles. The minimum atomic E-state index is -1.20. The van der Waals surface area contributed by atoms with Crippen molar-refractivity contribution in [3.05, 3.63) is 24.0 Å². The van der Waals surface area contributed by atoms with E-state index in [0.717, 1.165) is 19.3 Å². The van der Waals surface area contributed by atoms with Crippen LogP contribution in [0.1, 0.15) is 29.8 Å². The van der Waals surface area contributed by atoms with E-state index in [1.807, 2.05) is 0 Å². The highest BCUT2D eigenvalue weighted by molar-refractivity contribution is 5.98. The predicted octanol–water partition coefficient (Wildman–Crippen LogP) is 1.16. The third kappa shape index (κ3) is 3.05. The maximum absolute atomic E-state index is 12.2. The molecule has 2 heterocycles. The fraction of sp³-hybridized carbons (Fsp3) is 0.462. The van der Waals surface area contributed by atoms with Gasteiger partial charge >= 0.3 is 12.0 Å². The van der Waals surface area contributed by atoms with Crippen LogP contribution in [0.25, 0.3) is 0 Å². The van der Waals surface area contributed by atoms with Gasteiger partial charge in [0, 0.05) is 12.7 Å². The van der Waals surface area contributed by atoms with Crippen LogP contribution in [0.4, 0.5) is 10.5 Å². The van der Waals surface area contributed by atoms with Crippen molar-refractivity contribution in [2.45, 2.75) is 25.3 Å². The molecule has 108 valence electrons. The average Bonchev–Trinajstić information content (AvgIpc) is 2.47. The van der Waals surface area contributed by atoms with Crippen LogP contribution in [0.5, 0.6) is 0 Å². The van der Waals surface area contributed by atoms with Gasteiger partial charge in [-0.2, -0.15) is 0 Å². The fourth-order valence-electron chi connectivity index (χ4n) is 2.32. The first-order valence-corrected chi connectivity index (χ1v) is 6.50. The van der Waals surface area contributed by atoms with Gasteiger partial charge in [-0.25, -0.2) is 14.6 Å². The molecule has 20 heavy (non-hydrogen) atoms. The van der Waals surface area contributed by atoms with Crippen molar-refractivity contribution in [1.29, 1.82) is 0 Å². The molecule has 3 N–H and O–H groups in total. The molecule has 1 aliphatic heterocycles. The summed E-state index contributed by atoms with van der Waals surface area (Å²) in [6, 6.07) is 2.43. The maximum Gasteiger partial charge on any atom is 0.356 e. The molecular formula is C13H17N3O4. The summed E-state index contributed by atoms with van der Waals surface area (Å²) in [4.78, 5) is 28.5. The Labute approximate surface area is 116 Å². The number of likely N-dealkylation sites (tertiary alicyclic amines) is 1. The van der Waals surface area contributed by atoms with Crippen LogP contribution in [0.2, 0.25) is 0 Å². The number of nitrogens with one attached hydrogen (secondary N) is 1. The molecule has 0 aromatic carbocycles. The first-order chi connectivity index (χ1) is 9.63. The lowest BCUT2D eigenvalue weighted by Gasteiger charge is -2.34. The van der Waals surface area contributed by atoms with Gasteiger partial charge in [-0.05, 0) is 31.4 Å². The molecule has 1 aliphatic rings. The van der Waals surface area contributed by atoms with Crippen LogP contribution >= 0.6 is 0 Å². The molecule has 1 saturated heterocycles. The number of carboxylic acid groups (broad SMARTS) is 1. The maximum atomic E-state index is 12.2. The van der Waals surface area contributed by atoms with Crippen LogP contribution in [0.15, 0.2) is 18.3 Å². The van der Waals surface area contributed by atoms with E-state index in [-0.39, 0.29) is 24.0 Å². The van der Waals surface area contributed by atoms with Crippen molar-refractivity contribution >= 4 is 17.7 Å². The van der Waals surface area contributed by atoms with Crippen LogP contribution in [0.3, 0.4) is 0 Å². The van der Waals surface area contributed by atoms with Crippen molar-refractivity contribution in [1.82, 2.24) is 9.88 Å². The van der Waals surface area contributed by atoms with Gasteiger partial charge in [0.15, 0.2) is 5.69 Å². The monoisotopic (exact) mass is 279 g/mol. The number of anilines is 1. The van der Waals surface area contributed by atoms with Crippen molar-refractivity contribution in [3.8, 4) is 0 Å². The number of carbonyl (C=O) groups excluding carboxylic acids is 1. The number of amides is 2. The first-order valence-electron chi connectivity index (χ1n) is 6.50. The lowest BCUT2D eigenvalue weighted by atomic mass is 10.0. The number of nitrogens with zero attached hydrogens (tertiary/aromatic N) is 2. The Morgan fingerprint density at radius 1 is 1.45 bits per heavy atom. The number of aromatic carboxylic acids is 1. The largest absolute Gasteiger partial charge is 0.476 e. The second-order valence-electron chi connectivity index (χ2n) is 4.66. The van der Waals surface area contributed by atoms with Crippen molar-refractivity contribution in [3.63, 3.8) is 0 Å². The van der Waals surface area contributed by atoms with Gasteiger partial charge in [-0.1, -0.05) is 0 Å². The Morgan fingerprint density at radius 3 is 2.95 bits per heavy atom. The van der Waals surface area contributed by atoms with E-state index in [2.05, 4.69) is 10.3 Å². The molecule has 7 heteroatoms. The predicted molar refractivity (Wildman–Crippen MR) is 71.6 cm³/mol. The quantitative estimate of drug-likeness (QED) is 0.770. The third-order valence-corrected chi connectivity index (χ3v) is 3.35. The lowest BCUT2D eigenvalue weighted by Crippen LogP contribution is -2.47. The zero-order valence-corrected chi connectivity index (χ0v) is 11.0. The number of aliphatic hydroxyl groups is 1. The first kappa shape index (κ1) is 14.3. The molecule has 1 atom stereocenters. The Balaban J connectivity index is 2.13. The number of carboxylic acids is 1. The Hall–Kier alpha value is -2.15. The smallest absolute Gasteiger partial charge is 0.356 e. The Bertz CT molecular complexity index is 506. The minimum Gasteiger partial charge on any atom is -0.476 e. The van der Waals surface area contributed by atoms with Gasteiger partial charge in [-0.3, -0.25) is 0 Å². The minimum absolute atomic E-state index is 0.0910. The highest BCUT2D eigenvalue weighted by atomic mass is 16.4. The molecule has 0 radical (unpaired) electrons. The summed E-state index contributed by atoms with van der Waals surface area (Å²) in [5, 5.41) is 20.9. The van der Waals surface area contributed by atoms with Crippen LogP contribution in [-0.4, -0.2) is 51.3 Å². The molecule has 7 nitrogen and oxygen atoms in total. The molecule has 2 amide bonds. The molecular weight excluding hydrogens is 262 g/mol. The zero-order valence-electron chi connectivity index (χ0n) is 11.0. The van der Waals surface area contributed by atoms with Gasteiger partial charge in [0.25, 0.3) is 0 Å². The number of hydrogen-bond donors (Lipinski definition) is 3. The summed E-state index contributed by atoms with van der Waals surface area (Å²) in [5.41, 5.74) is -0.0364. The highest BCUT2D eigenvalue weighted by Gasteiger charge is 2.27. The van der Waals surface area contributed by atoms with E-state index in [9.17, 15) is 14.7 Å². The summed E-state index contributed by atoms with van der Waals surface area (Å²) in [6.45, 7) is 0.464. The number of piperidine rings is 1. The Kier molecular flexibility index (Phi) is 4.52. The topological polar surface area (TPSA) is 103 Å². The van der Waals surface area contributed by atoms with E-state index < -0.39 is 12.0 Å². The molecule has 1 unspecified atom stereocenters. The van der Waals surface area contributed by atoms with E-state index in [1.54, 1.807) is 11.0 Å². The van der Waals surface area contributed by atoms with Crippen molar-refractivity contribution < 1.29 is 19.8 Å². The molecule has 0 bridgehead atoms. The molecule has 1 aromatic rings. The third-order valence-electron chi connectivity index (χ3n) is 3.35. The van der Waals surface area contributed by atoms with Gasteiger partial charge in [0.05, 0.1) is 18.3 Å². The van der Waals surface area contributed by atoms with E-state index in [1.165, 1.54) is 12.3 Å². The number of hydrogen-bond acceptors (Lipinski definition) is 4. The standard InChI is InChI=1S/C13H17N3O4/c17-8-9-4-1-2-7-16(9)13(20)15-10-5-3-6-14-11(10)12(18)19/h3,5-6,9,17H,1-2,4,7-8H2,(H,15,20)(H,18,19). The second-order valence-corrected chi connectivity index (χ2v) is 4.66. The normalized spacial score (nSPS) is 18.6. The van der Waals surface area contributed by atoms with Gasteiger partial charge in [-0.15, -0.1) is 0 Å². The van der Waals surface area contributed by atoms with Gasteiger partial charge in [0.1, 0.15) is 0 Å². The summed E-state index contributed by atoms with van der Waals surface area (Å²) in [5.74, 6) is -1.20. The number of urea groups is 1. The summed E-state index contributed by atoms with van der Waals surface area (Å²) >= 11 is 0. The highest BCUT2D eigenvalue weighted by Crippen LogP contribution is 2.19. The number of aliphatic hydroxyl groups excluding tert-OH is 1. The van der Waals surface area contributed by atoms with Gasteiger partial charge < -0.3 is 20.4 Å². The molecule has 2 rings (SSSR count). The SMILES string of the molecule is O=C(O)c1ncccc1NC(=O)N1CCCCC1CO. The van der Waals surface area contributed by atoms with Crippen molar-refractivity contribution in [2.75, 3.05) is 18.5 Å². The lowest BCUT2D eigenvalue weighted by molar-refractivity contribution is 0.0691. The van der Waals surface area contributed by atoms with Crippen LogP contribution in [-0.2, 0) is 0 Å². The molecule has 0 spiro atoms.